The Morgan fingerprint density at radius 3 is 2.53 bits per heavy atom. The summed E-state index contributed by atoms with van der Waals surface area (Å²) in [6.45, 7) is 0.842. The number of fused-ring (bicyclic) bond motifs is 2. The highest BCUT2D eigenvalue weighted by molar-refractivity contribution is 9.09. The topological polar surface area (TPSA) is 29.5 Å². The molecule has 3 heterocycles. The smallest absolute Gasteiger partial charge is 0.225 e. The lowest BCUT2D eigenvalue weighted by Crippen LogP contribution is -2.47. The van der Waals surface area contributed by atoms with Crippen molar-refractivity contribution in [2.75, 3.05) is 6.61 Å². The van der Waals surface area contributed by atoms with E-state index >= 15 is 0 Å². The molecule has 1 amide bonds. The summed E-state index contributed by atoms with van der Waals surface area (Å²) in [5.74, 6) is 0.337. The number of amides is 1. The van der Waals surface area contributed by atoms with E-state index in [1.807, 2.05) is 0 Å². The van der Waals surface area contributed by atoms with E-state index in [2.05, 4.69) is 20.8 Å². The van der Waals surface area contributed by atoms with E-state index in [1.165, 1.54) is 12.8 Å². The monoisotopic (exact) mass is 301 g/mol. The summed E-state index contributed by atoms with van der Waals surface area (Å²) in [5.41, 5.74) is 0. The number of rotatable bonds is 2. The fourth-order valence-electron chi connectivity index (χ4n) is 3.62. The van der Waals surface area contributed by atoms with Gasteiger partial charge in [-0.05, 0) is 38.5 Å². The van der Waals surface area contributed by atoms with Crippen LogP contribution in [0.1, 0.15) is 44.9 Å². The second-order valence-electron chi connectivity index (χ2n) is 5.59. The molecular weight excluding hydrogens is 282 g/mol. The third-order valence-electron chi connectivity index (χ3n) is 4.39. The summed E-state index contributed by atoms with van der Waals surface area (Å²) < 4.78 is 5.57. The molecule has 0 N–H and O–H groups in total. The first-order valence-electron chi connectivity index (χ1n) is 6.81. The Kier molecular flexibility index (Phi) is 3.44. The number of piperidine rings is 1. The lowest BCUT2D eigenvalue weighted by atomic mass is 10.0. The van der Waals surface area contributed by atoms with Crippen molar-refractivity contribution in [2.45, 2.75) is 68.0 Å². The zero-order valence-corrected chi connectivity index (χ0v) is 11.7. The van der Waals surface area contributed by atoms with Crippen LogP contribution in [0.2, 0.25) is 0 Å². The summed E-state index contributed by atoms with van der Waals surface area (Å²) in [6, 6.07) is 0.985. The average Bonchev–Trinajstić information content (AvgIpc) is 2.86. The third kappa shape index (κ3) is 2.39. The molecule has 3 aliphatic rings. The maximum atomic E-state index is 12.4. The van der Waals surface area contributed by atoms with Crippen LogP contribution in [0.4, 0.5) is 0 Å². The van der Waals surface area contributed by atoms with E-state index in [-0.39, 0.29) is 6.10 Å². The molecule has 0 radical (unpaired) electrons. The number of halogens is 1. The summed E-state index contributed by atoms with van der Waals surface area (Å²) in [6.07, 6.45) is 7.66. The summed E-state index contributed by atoms with van der Waals surface area (Å²) >= 11 is 3.71. The molecule has 3 aliphatic heterocycles. The number of alkyl halides is 1. The molecular formula is C13H20BrNO2. The highest BCUT2D eigenvalue weighted by Gasteiger charge is 2.42. The van der Waals surface area contributed by atoms with Gasteiger partial charge < -0.3 is 9.64 Å². The standard InChI is InChI=1S/C13H20BrNO2/c14-9-6-10-3-4-11(7-9)15(10)13(16)8-12-2-1-5-17-12/h9-12H,1-8H2. The van der Waals surface area contributed by atoms with Gasteiger partial charge in [0.2, 0.25) is 5.91 Å². The average molecular weight is 302 g/mol. The minimum atomic E-state index is 0.198. The molecule has 96 valence electrons. The maximum absolute atomic E-state index is 12.4. The Bertz CT molecular complexity index is 290. The van der Waals surface area contributed by atoms with Crippen molar-refractivity contribution < 1.29 is 9.53 Å². The summed E-state index contributed by atoms with van der Waals surface area (Å²) in [5, 5.41) is 0. The number of ether oxygens (including phenoxy) is 1. The molecule has 4 heteroatoms. The van der Waals surface area contributed by atoms with Crippen LogP contribution in [0.5, 0.6) is 0 Å². The van der Waals surface area contributed by atoms with Gasteiger partial charge in [-0.15, -0.1) is 0 Å². The van der Waals surface area contributed by atoms with Crippen LogP contribution in [0.25, 0.3) is 0 Å². The van der Waals surface area contributed by atoms with Crippen molar-refractivity contribution in [3.8, 4) is 0 Å². The fourth-order valence-corrected chi connectivity index (χ4v) is 4.49. The minimum Gasteiger partial charge on any atom is -0.378 e. The van der Waals surface area contributed by atoms with Crippen molar-refractivity contribution in [1.82, 2.24) is 4.90 Å². The van der Waals surface area contributed by atoms with Crippen LogP contribution in [-0.2, 0) is 9.53 Å². The van der Waals surface area contributed by atoms with Gasteiger partial charge in [0.1, 0.15) is 0 Å². The Morgan fingerprint density at radius 1 is 1.24 bits per heavy atom. The van der Waals surface area contributed by atoms with Gasteiger partial charge in [-0.3, -0.25) is 4.79 Å². The van der Waals surface area contributed by atoms with Gasteiger partial charge in [-0.25, -0.2) is 0 Å². The third-order valence-corrected chi connectivity index (χ3v) is 5.14. The van der Waals surface area contributed by atoms with Crippen LogP contribution >= 0.6 is 15.9 Å². The molecule has 0 aromatic carbocycles. The predicted octanol–water partition coefficient (Wildman–Crippen LogP) is 2.47. The Morgan fingerprint density at radius 2 is 1.94 bits per heavy atom. The summed E-state index contributed by atoms with van der Waals surface area (Å²) in [7, 11) is 0. The van der Waals surface area contributed by atoms with Crippen LogP contribution in [0.15, 0.2) is 0 Å². The van der Waals surface area contributed by atoms with Crippen molar-refractivity contribution >= 4 is 21.8 Å². The molecule has 3 rings (SSSR count). The van der Waals surface area contributed by atoms with Crippen LogP contribution in [-0.4, -0.2) is 40.4 Å². The zero-order chi connectivity index (χ0) is 11.8. The molecule has 0 aliphatic carbocycles. The van der Waals surface area contributed by atoms with E-state index in [4.69, 9.17) is 4.74 Å². The predicted molar refractivity (Wildman–Crippen MR) is 69.2 cm³/mol. The Balaban J connectivity index is 1.62. The number of hydrogen-bond acceptors (Lipinski definition) is 2. The van der Waals surface area contributed by atoms with Crippen molar-refractivity contribution in [3.05, 3.63) is 0 Å². The summed E-state index contributed by atoms with van der Waals surface area (Å²) in [4.78, 5) is 15.1. The number of hydrogen-bond donors (Lipinski definition) is 0. The van der Waals surface area contributed by atoms with Gasteiger partial charge in [0.05, 0.1) is 12.5 Å². The van der Waals surface area contributed by atoms with Crippen LogP contribution in [0.3, 0.4) is 0 Å². The largest absolute Gasteiger partial charge is 0.378 e. The molecule has 3 fully saturated rings. The molecule has 3 saturated heterocycles. The molecule has 3 atom stereocenters. The highest BCUT2D eigenvalue weighted by Crippen LogP contribution is 2.39. The Hall–Kier alpha value is -0.0900. The zero-order valence-electron chi connectivity index (χ0n) is 10.1. The molecule has 2 bridgehead atoms. The van der Waals surface area contributed by atoms with Crippen LogP contribution < -0.4 is 0 Å². The number of carbonyl (C=O) groups excluding carboxylic acids is 1. The second kappa shape index (κ2) is 4.88. The first-order chi connectivity index (χ1) is 8.24. The van der Waals surface area contributed by atoms with Gasteiger partial charge >= 0.3 is 0 Å². The van der Waals surface area contributed by atoms with E-state index in [0.29, 0.717) is 29.2 Å². The van der Waals surface area contributed by atoms with Gasteiger partial charge in [0, 0.05) is 23.5 Å². The van der Waals surface area contributed by atoms with E-state index < -0.39 is 0 Å². The Labute approximate surface area is 111 Å². The fraction of sp³-hybridized carbons (Fsp3) is 0.923. The first kappa shape index (κ1) is 12.0. The molecule has 17 heavy (non-hydrogen) atoms. The second-order valence-corrected chi connectivity index (χ2v) is 6.89. The molecule has 0 saturated carbocycles. The number of carbonyl (C=O) groups is 1. The van der Waals surface area contributed by atoms with Crippen molar-refractivity contribution in [1.29, 1.82) is 0 Å². The van der Waals surface area contributed by atoms with Crippen molar-refractivity contribution in [2.24, 2.45) is 0 Å². The quantitative estimate of drug-likeness (QED) is 0.733. The normalized spacial score (nSPS) is 40.9. The minimum absolute atomic E-state index is 0.198. The van der Waals surface area contributed by atoms with Crippen LogP contribution in [0, 0.1) is 0 Å². The van der Waals surface area contributed by atoms with Crippen molar-refractivity contribution in [3.63, 3.8) is 0 Å². The lowest BCUT2D eigenvalue weighted by Gasteiger charge is -2.37. The molecule has 3 unspecified atom stereocenters. The SMILES string of the molecule is O=C(CC1CCCO1)N1C2CCC1CC(Br)C2. The van der Waals surface area contributed by atoms with E-state index in [1.54, 1.807) is 0 Å². The molecule has 3 nitrogen and oxygen atoms in total. The van der Waals surface area contributed by atoms with E-state index in [0.717, 1.165) is 32.3 Å². The molecule has 0 spiro atoms. The van der Waals surface area contributed by atoms with Gasteiger partial charge in [0.15, 0.2) is 0 Å². The van der Waals surface area contributed by atoms with Gasteiger partial charge in [-0.1, -0.05) is 15.9 Å². The first-order valence-corrected chi connectivity index (χ1v) is 7.72. The van der Waals surface area contributed by atoms with Gasteiger partial charge in [0.25, 0.3) is 0 Å². The molecule has 0 aromatic rings. The lowest BCUT2D eigenvalue weighted by molar-refractivity contribution is -0.137. The molecule has 0 aromatic heterocycles. The van der Waals surface area contributed by atoms with Gasteiger partial charge in [-0.2, -0.15) is 0 Å². The van der Waals surface area contributed by atoms with E-state index in [9.17, 15) is 4.79 Å². The number of nitrogens with zero attached hydrogens (tertiary/aromatic N) is 1. The maximum Gasteiger partial charge on any atom is 0.225 e. The highest BCUT2D eigenvalue weighted by atomic mass is 79.9.